The van der Waals surface area contributed by atoms with Crippen LogP contribution in [0.5, 0.6) is 0 Å². The van der Waals surface area contributed by atoms with Crippen LogP contribution in [-0.2, 0) is 0 Å². The minimum absolute atomic E-state index is 0.356. The SMILES string of the molecule is Cc1ccn(N2C(=O)c3ccccc3C2=O)c1-c1cc(Cl)cc(Cl)c1. The Hall–Kier alpha value is -2.56. The van der Waals surface area contributed by atoms with Crippen molar-refractivity contribution in [3.63, 3.8) is 0 Å². The summed E-state index contributed by atoms with van der Waals surface area (Å²) in [6.07, 6.45) is 1.70. The fourth-order valence-electron chi connectivity index (χ4n) is 3.11. The van der Waals surface area contributed by atoms with Gasteiger partial charge in [-0.3, -0.25) is 9.59 Å². The van der Waals surface area contributed by atoms with Gasteiger partial charge in [-0.2, -0.15) is 5.01 Å². The van der Waals surface area contributed by atoms with Gasteiger partial charge in [0.1, 0.15) is 0 Å². The first-order valence-corrected chi connectivity index (χ1v) is 8.35. The number of hydrogen-bond acceptors (Lipinski definition) is 2. The Morgan fingerprint density at radius 1 is 0.840 bits per heavy atom. The Morgan fingerprint density at radius 3 is 1.96 bits per heavy atom. The number of fused-ring (bicyclic) bond motifs is 1. The van der Waals surface area contributed by atoms with Crippen molar-refractivity contribution in [2.75, 3.05) is 5.01 Å². The summed E-state index contributed by atoms with van der Waals surface area (Å²) in [6, 6.07) is 13.8. The zero-order chi connectivity index (χ0) is 17.7. The summed E-state index contributed by atoms with van der Waals surface area (Å²) < 4.78 is 1.56. The number of carbonyl (C=O) groups is 2. The molecule has 3 aromatic rings. The van der Waals surface area contributed by atoms with E-state index in [1.54, 1.807) is 53.3 Å². The smallest absolute Gasteiger partial charge is 0.267 e. The maximum Gasteiger partial charge on any atom is 0.281 e. The summed E-state index contributed by atoms with van der Waals surface area (Å²) in [5.41, 5.74) is 3.12. The van der Waals surface area contributed by atoms with Crippen LogP contribution in [0, 0.1) is 6.92 Å². The molecule has 2 aromatic carbocycles. The van der Waals surface area contributed by atoms with Crippen LogP contribution < -0.4 is 5.01 Å². The van der Waals surface area contributed by atoms with Crippen LogP contribution >= 0.6 is 23.2 Å². The van der Waals surface area contributed by atoms with E-state index in [4.69, 9.17) is 23.2 Å². The number of carbonyl (C=O) groups excluding carboxylic acids is 2. The molecule has 1 aliphatic heterocycles. The zero-order valence-corrected chi connectivity index (χ0v) is 14.7. The quantitative estimate of drug-likeness (QED) is 0.613. The van der Waals surface area contributed by atoms with Crippen molar-refractivity contribution >= 4 is 35.0 Å². The summed E-state index contributed by atoms with van der Waals surface area (Å²) in [5.74, 6) is -0.712. The second-order valence-corrected chi connectivity index (χ2v) is 6.69. The van der Waals surface area contributed by atoms with Crippen LogP contribution in [0.4, 0.5) is 0 Å². The third-order valence-electron chi connectivity index (χ3n) is 4.19. The molecular formula is C19H12Cl2N2O2. The molecule has 0 atom stereocenters. The third kappa shape index (κ3) is 2.46. The Balaban J connectivity index is 1.89. The van der Waals surface area contributed by atoms with Gasteiger partial charge < -0.3 is 0 Å². The molecule has 0 aliphatic carbocycles. The number of amides is 2. The number of aryl methyl sites for hydroxylation is 1. The van der Waals surface area contributed by atoms with E-state index in [0.29, 0.717) is 26.9 Å². The van der Waals surface area contributed by atoms with E-state index >= 15 is 0 Å². The molecule has 2 heterocycles. The molecule has 2 amide bonds. The minimum atomic E-state index is -0.356. The van der Waals surface area contributed by atoms with E-state index < -0.39 is 0 Å². The van der Waals surface area contributed by atoms with Crippen molar-refractivity contribution in [2.24, 2.45) is 0 Å². The van der Waals surface area contributed by atoms with Crippen molar-refractivity contribution in [3.8, 4) is 11.3 Å². The fourth-order valence-corrected chi connectivity index (χ4v) is 3.63. The topological polar surface area (TPSA) is 42.3 Å². The number of rotatable bonds is 2. The van der Waals surface area contributed by atoms with Gasteiger partial charge in [0, 0.05) is 21.8 Å². The molecule has 0 fully saturated rings. The van der Waals surface area contributed by atoms with E-state index in [0.717, 1.165) is 16.1 Å². The minimum Gasteiger partial charge on any atom is -0.267 e. The van der Waals surface area contributed by atoms with Crippen LogP contribution in [0.3, 0.4) is 0 Å². The van der Waals surface area contributed by atoms with Gasteiger partial charge in [0.15, 0.2) is 0 Å². The average molecular weight is 371 g/mol. The number of aromatic nitrogens is 1. The highest BCUT2D eigenvalue weighted by atomic mass is 35.5. The molecular weight excluding hydrogens is 359 g/mol. The first kappa shape index (κ1) is 15.9. The summed E-state index contributed by atoms with van der Waals surface area (Å²) in [7, 11) is 0. The summed E-state index contributed by atoms with van der Waals surface area (Å²) in [4.78, 5) is 25.5. The first-order chi connectivity index (χ1) is 12.0. The molecule has 1 aromatic heterocycles. The molecule has 0 N–H and O–H groups in total. The number of imide groups is 1. The van der Waals surface area contributed by atoms with Gasteiger partial charge in [-0.1, -0.05) is 35.3 Å². The Labute approximate surface area is 154 Å². The standard InChI is InChI=1S/C19H12Cl2N2O2/c1-11-6-7-22(17(11)12-8-13(20)10-14(21)9-12)23-18(24)15-4-2-3-5-16(15)19(23)25/h2-10H,1H3. The van der Waals surface area contributed by atoms with Crippen molar-refractivity contribution in [3.05, 3.63) is 81.5 Å². The van der Waals surface area contributed by atoms with Gasteiger partial charge in [-0.15, -0.1) is 0 Å². The molecule has 0 spiro atoms. The lowest BCUT2D eigenvalue weighted by Crippen LogP contribution is -2.39. The zero-order valence-electron chi connectivity index (χ0n) is 13.2. The van der Waals surface area contributed by atoms with Crippen molar-refractivity contribution in [1.82, 2.24) is 4.68 Å². The maximum atomic E-state index is 12.8. The lowest BCUT2D eigenvalue weighted by atomic mass is 10.1. The van der Waals surface area contributed by atoms with Gasteiger partial charge in [0.05, 0.1) is 16.8 Å². The number of halogens is 2. The molecule has 0 saturated carbocycles. The van der Waals surface area contributed by atoms with Gasteiger partial charge >= 0.3 is 0 Å². The first-order valence-electron chi connectivity index (χ1n) is 7.60. The van der Waals surface area contributed by atoms with E-state index in [9.17, 15) is 9.59 Å². The lowest BCUT2D eigenvalue weighted by Gasteiger charge is -2.19. The summed E-state index contributed by atoms with van der Waals surface area (Å²) in [6.45, 7) is 1.90. The number of benzene rings is 2. The van der Waals surface area contributed by atoms with Crippen LogP contribution in [0.25, 0.3) is 11.3 Å². The molecule has 0 bridgehead atoms. The molecule has 0 unspecified atom stereocenters. The molecule has 0 radical (unpaired) electrons. The van der Waals surface area contributed by atoms with Crippen LogP contribution in [0.1, 0.15) is 26.3 Å². The van der Waals surface area contributed by atoms with Gasteiger partial charge in [0.2, 0.25) is 0 Å². The maximum absolute atomic E-state index is 12.8. The molecule has 1 aliphatic rings. The number of hydrogen-bond donors (Lipinski definition) is 0. The van der Waals surface area contributed by atoms with E-state index in [1.807, 2.05) is 13.0 Å². The van der Waals surface area contributed by atoms with Crippen LogP contribution in [-0.4, -0.2) is 16.5 Å². The molecule has 0 saturated heterocycles. The van der Waals surface area contributed by atoms with Crippen LogP contribution in [0.2, 0.25) is 10.0 Å². The molecule has 124 valence electrons. The van der Waals surface area contributed by atoms with Crippen LogP contribution in [0.15, 0.2) is 54.7 Å². The van der Waals surface area contributed by atoms with Crippen molar-refractivity contribution in [1.29, 1.82) is 0 Å². The Kier molecular flexibility index (Phi) is 3.67. The monoisotopic (exact) mass is 370 g/mol. The fraction of sp³-hybridized carbons (Fsp3) is 0.0526. The number of nitrogens with zero attached hydrogens (tertiary/aromatic N) is 2. The summed E-state index contributed by atoms with van der Waals surface area (Å²) in [5, 5.41) is 2.11. The molecule has 4 nitrogen and oxygen atoms in total. The van der Waals surface area contributed by atoms with E-state index in [1.165, 1.54) is 0 Å². The second kappa shape index (κ2) is 5.76. The van der Waals surface area contributed by atoms with Gasteiger partial charge in [-0.05, 0) is 48.9 Å². The average Bonchev–Trinajstić information content (AvgIpc) is 3.05. The highest BCUT2D eigenvalue weighted by molar-refractivity contribution is 6.35. The van der Waals surface area contributed by atoms with Gasteiger partial charge in [0.25, 0.3) is 11.8 Å². The Morgan fingerprint density at radius 2 is 1.40 bits per heavy atom. The molecule has 4 rings (SSSR count). The van der Waals surface area contributed by atoms with E-state index in [-0.39, 0.29) is 11.8 Å². The molecule has 6 heteroatoms. The van der Waals surface area contributed by atoms with E-state index in [2.05, 4.69) is 0 Å². The third-order valence-corrected chi connectivity index (χ3v) is 4.63. The molecule has 25 heavy (non-hydrogen) atoms. The van der Waals surface area contributed by atoms with Crippen molar-refractivity contribution in [2.45, 2.75) is 6.92 Å². The second-order valence-electron chi connectivity index (χ2n) is 5.82. The lowest BCUT2D eigenvalue weighted by molar-refractivity contribution is 0.0887. The predicted octanol–water partition coefficient (Wildman–Crippen LogP) is 4.70. The van der Waals surface area contributed by atoms with Gasteiger partial charge in [-0.25, -0.2) is 4.68 Å². The normalized spacial score (nSPS) is 13.5. The largest absolute Gasteiger partial charge is 0.281 e. The van der Waals surface area contributed by atoms with Crippen molar-refractivity contribution < 1.29 is 9.59 Å². The summed E-state index contributed by atoms with van der Waals surface area (Å²) >= 11 is 12.2. The highest BCUT2D eigenvalue weighted by Gasteiger charge is 2.37. The highest BCUT2D eigenvalue weighted by Crippen LogP contribution is 2.32. The Bertz CT molecular complexity index is 984. The predicted molar refractivity (Wildman–Crippen MR) is 97.9 cm³/mol.